The third-order valence-corrected chi connectivity index (χ3v) is 5.96. The quantitative estimate of drug-likeness (QED) is 0.0922. The average molecular weight is 451 g/mol. The monoisotopic (exact) mass is 450 g/mol. The zero-order valence-corrected chi connectivity index (χ0v) is 19.6. The van der Waals surface area contributed by atoms with E-state index in [9.17, 15) is 30.6 Å². The summed E-state index contributed by atoms with van der Waals surface area (Å²) in [4.78, 5) is 0. The highest BCUT2D eigenvalue weighted by Crippen LogP contribution is 2.08. The molecular formula is C22H48N3O6+3. The van der Waals surface area contributed by atoms with Crippen LogP contribution >= 0.6 is 0 Å². The van der Waals surface area contributed by atoms with E-state index in [1.54, 1.807) is 0 Å². The summed E-state index contributed by atoms with van der Waals surface area (Å²) in [5.41, 5.74) is 0. The largest absolute Gasteiger partial charge is 0.391 e. The van der Waals surface area contributed by atoms with Gasteiger partial charge in [-0.05, 0) is 24.3 Å². The number of likely N-dealkylation sites (N-methyl/N-ethyl adjacent to an activating group) is 1. The number of aliphatic hydroxyl groups excluding tert-OH is 6. The molecule has 0 fully saturated rings. The molecule has 0 unspecified atom stereocenters. The van der Waals surface area contributed by atoms with Gasteiger partial charge < -0.3 is 44.1 Å². The van der Waals surface area contributed by atoms with Crippen LogP contribution in [-0.4, -0.2) is 163 Å². The van der Waals surface area contributed by atoms with Gasteiger partial charge in [0.25, 0.3) is 0 Å². The highest BCUT2D eigenvalue weighted by atomic mass is 16.3. The standard InChI is InChI=1S/C22H48N3O6/c1-23(2,7-3-5-9-24(11-17-26,12-18-27)13-19-28)8-4-6-10-25(14-20-29,15-21-30)16-22-31/h3-6,26-31H,7-22H2,1-2H3/q+3/b5-3+,6-4?. The van der Waals surface area contributed by atoms with Crippen molar-refractivity contribution in [1.29, 1.82) is 0 Å². The van der Waals surface area contributed by atoms with Crippen molar-refractivity contribution in [3.05, 3.63) is 24.3 Å². The van der Waals surface area contributed by atoms with Crippen molar-refractivity contribution in [2.75, 3.05) is 119 Å². The van der Waals surface area contributed by atoms with Gasteiger partial charge in [0.1, 0.15) is 39.3 Å². The molecule has 184 valence electrons. The van der Waals surface area contributed by atoms with Gasteiger partial charge in [-0.25, -0.2) is 0 Å². The Morgan fingerprint density at radius 2 is 0.645 bits per heavy atom. The summed E-state index contributed by atoms with van der Waals surface area (Å²) in [6.07, 6.45) is 8.35. The van der Waals surface area contributed by atoms with E-state index in [-0.39, 0.29) is 39.6 Å². The Morgan fingerprint density at radius 1 is 0.419 bits per heavy atom. The zero-order chi connectivity index (χ0) is 23.6. The fraction of sp³-hybridized carbons (Fsp3) is 0.818. The van der Waals surface area contributed by atoms with Crippen LogP contribution < -0.4 is 0 Å². The minimum atomic E-state index is 0.0169. The van der Waals surface area contributed by atoms with Crippen LogP contribution in [0.4, 0.5) is 0 Å². The summed E-state index contributed by atoms with van der Waals surface area (Å²) in [5.74, 6) is 0. The van der Waals surface area contributed by atoms with Crippen molar-refractivity contribution in [2.24, 2.45) is 0 Å². The molecule has 9 heteroatoms. The van der Waals surface area contributed by atoms with Crippen molar-refractivity contribution in [2.45, 2.75) is 0 Å². The molecule has 0 saturated carbocycles. The summed E-state index contributed by atoms with van der Waals surface area (Å²) in [7, 11) is 4.26. The lowest BCUT2D eigenvalue weighted by Crippen LogP contribution is -2.53. The Balaban J connectivity index is 4.81. The predicted molar refractivity (Wildman–Crippen MR) is 122 cm³/mol. The topological polar surface area (TPSA) is 121 Å². The fourth-order valence-electron chi connectivity index (χ4n) is 3.88. The van der Waals surface area contributed by atoms with Gasteiger partial charge in [-0.1, -0.05) is 0 Å². The third kappa shape index (κ3) is 12.7. The Labute approximate surface area is 188 Å². The molecule has 0 aliphatic heterocycles. The second-order valence-corrected chi connectivity index (χ2v) is 8.98. The highest BCUT2D eigenvalue weighted by Gasteiger charge is 2.25. The number of hydrogen-bond acceptors (Lipinski definition) is 6. The molecule has 0 heterocycles. The van der Waals surface area contributed by atoms with Gasteiger partial charge in [0.2, 0.25) is 0 Å². The molecule has 9 nitrogen and oxygen atoms in total. The Bertz CT molecular complexity index is 424. The maximum absolute atomic E-state index is 9.36. The second-order valence-electron chi connectivity index (χ2n) is 8.98. The molecule has 0 bridgehead atoms. The SMILES string of the molecule is C[N+](C)(CC=CC[N+](CCO)(CCO)CCO)C/C=C/C[N+](CCO)(CCO)CCO. The molecule has 0 aromatic carbocycles. The molecule has 0 saturated heterocycles. The molecular weight excluding hydrogens is 402 g/mol. The Kier molecular flexibility index (Phi) is 16.2. The average Bonchev–Trinajstić information content (AvgIpc) is 2.70. The summed E-state index contributed by atoms with van der Waals surface area (Å²) in [6.45, 7) is 6.04. The van der Waals surface area contributed by atoms with Crippen molar-refractivity contribution < 1.29 is 44.1 Å². The molecule has 31 heavy (non-hydrogen) atoms. The summed E-state index contributed by atoms with van der Waals surface area (Å²) in [6, 6.07) is 0. The van der Waals surface area contributed by atoms with Crippen LogP contribution in [0, 0.1) is 0 Å². The van der Waals surface area contributed by atoms with Crippen LogP contribution in [-0.2, 0) is 0 Å². The van der Waals surface area contributed by atoms with E-state index in [1.165, 1.54) is 0 Å². The van der Waals surface area contributed by atoms with Crippen LogP contribution in [0.5, 0.6) is 0 Å². The molecule has 0 atom stereocenters. The number of rotatable bonds is 20. The van der Waals surface area contributed by atoms with Gasteiger partial charge in [-0.3, -0.25) is 0 Å². The van der Waals surface area contributed by atoms with E-state index in [2.05, 4.69) is 38.4 Å². The van der Waals surface area contributed by atoms with E-state index in [0.29, 0.717) is 61.3 Å². The first-order valence-electron chi connectivity index (χ1n) is 11.3. The van der Waals surface area contributed by atoms with Crippen LogP contribution in [0.3, 0.4) is 0 Å². The van der Waals surface area contributed by atoms with E-state index >= 15 is 0 Å². The van der Waals surface area contributed by atoms with Gasteiger partial charge in [-0.15, -0.1) is 0 Å². The summed E-state index contributed by atoms with van der Waals surface area (Å²) >= 11 is 0. The Hall–Kier alpha value is -0.880. The van der Waals surface area contributed by atoms with Crippen molar-refractivity contribution >= 4 is 0 Å². The van der Waals surface area contributed by atoms with Crippen molar-refractivity contribution in [3.63, 3.8) is 0 Å². The van der Waals surface area contributed by atoms with E-state index < -0.39 is 0 Å². The van der Waals surface area contributed by atoms with Crippen LogP contribution in [0.25, 0.3) is 0 Å². The second kappa shape index (κ2) is 16.7. The molecule has 0 radical (unpaired) electrons. The maximum Gasteiger partial charge on any atom is 0.102 e. The Morgan fingerprint density at radius 3 is 0.871 bits per heavy atom. The lowest BCUT2D eigenvalue weighted by molar-refractivity contribution is -0.923. The summed E-state index contributed by atoms with van der Waals surface area (Å²) in [5, 5.41) is 56.2. The first-order chi connectivity index (χ1) is 14.8. The third-order valence-electron chi connectivity index (χ3n) is 5.96. The highest BCUT2D eigenvalue weighted by molar-refractivity contribution is 4.85. The van der Waals surface area contributed by atoms with Gasteiger partial charge in [0, 0.05) is 0 Å². The molecule has 6 N–H and O–H groups in total. The molecule has 0 aromatic rings. The number of nitrogens with zero attached hydrogens (tertiary/aromatic N) is 3. The lowest BCUT2D eigenvalue weighted by Gasteiger charge is -2.36. The van der Waals surface area contributed by atoms with Crippen LogP contribution in [0.2, 0.25) is 0 Å². The molecule has 0 aromatic heterocycles. The minimum Gasteiger partial charge on any atom is -0.391 e. The first-order valence-corrected chi connectivity index (χ1v) is 11.3. The van der Waals surface area contributed by atoms with Crippen LogP contribution in [0.1, 0.15) is 0 Å². The zero-order valence-electron chi connectivity index (χ0n) is 19.6. The predicted octanol–water partition coefficient (Wildman–Crippen LogP) is -2.24. The maximum atomic E-state index is 9.36. The fourth-order valence-corrected chi connectivity index (χ4v) is 3.88. The number of aliphatic hydroxyl groups is 6. The number of hydrogen-bond donors (Lipinski definition) is 6. The van der Waals surface area contributed by atoms with E-state index in [4.69, 9.17) is 0 Å². The minimum absolute atomic E-state index is 0.0169. The lowest BCUT2D eigenvalue weighted by atomic mass is 10.2. The summed E-state index contributed by atoms with van der Waals surface area (Å²) < 4.78 is 1.68. The van der Waals surface area contributed by atoms with Gasteiger partial charge in [0.05, 0.1) is 79.9 Å². The first kappa shape index (κ1) is 30.1. The van der Waals surface area contributed by atoms with Gasteiger partial charge in [-0.2, -0.15) is 0 Å². The van der Waals surface area contributed by atoms with Gasteiger partial charge >= 0.3 is 0 Å². The molecule has 0 aliphatic rings. The molecule has 0 aliphatic carbocycles. The molecule has 0 amide bonds. The number of quaternary nitrogens is 3. The van der Waals surface area contributed by atoms with E-state index in [0.717, 1.165) is 17.6 Å². The molecule has 0 spiro atoms. The van der Waals surface area contributed by atoms with Crippen molar-refractivity contribution in [3.8, 4) is 0 Å². The normalized spacial score (nSPS) is 13.7. The van der Waals surface area contributed by atoms with Crippen molar-refractivity contribution in [1.82, 2.24) is 0 Å². The molecule has 0 rings (SSSR count). The van der Waals surface area contributed by atoms with Gasteiger partial charge in [0.15, 0.2) is 0 Å². The van der Waals surface area contributed by atoms with E-state index in [1.807, 2.05) is 0 Å². The smallest absolute Gasteiger partial charge is 0.102 e. The van der Waals surface area contributed by atoms with Crippen LogP contribution in [0.15, 0.2) is 24.3 Å².